The molecule has 3 N–H and O–H groups in total. The first-order chi connectivity index (χ1) is 14.0. The predicted molar refractivity (Wildman–Crippen MR) is 107 cm³/mol. The Hall–Kier alpha value is -3.62. The number of amides is 2. The van der Waals surface area contributed by atoms with Crippen LogP contribution in [0.4, 0.5) is 4.79 Å². The molecule has 0 aliphatic heterocycles. The third-order valence-electron chi connectivity index (χ3n) is 4.61. The number of nitrogen functional groups attached to an aromatic ring is 1. The van der Waals surface area contributed by atoms with E-state index >= 15 is 0 Å². The second kappa shape index (κ2) is 8.59. The molecule has 0 aliphatic carbocycles. The third kappa shape index (κ3) is 3.98. The van der Waals surface area contributed by atoms with Crippen molar-refractivity contribution in [3.63, 3.8) is 0 Å². The number of fused-ring (bicyclic) bond motifs is 3. The number of hydrogen-bond donors (Lipinski definition) is 2. The standard InChI is InChI=1S/C20H22N4O5/c1-3-12(19(26)28-4-2)11-29-20(27)23-18(25)14-9-22-10-16-17(14)13-7-5-6-8-15(13)24(16)21/h5-10,12H,3-4,11,21H2,1-2H3,(H,23,25,27). The highest BCUT2D eigenvalue weighted by Gasteiger charge is 2.22. The van der Waals surface area contributed by atoms with Crippen molar-refractivity contribution in [2.45, 2.75) is 20.3 Å². The van der Waals surface area contributed by atoms with Gasteiger partial charge >= 0.3 is 12.1 Å². The van der Waals surface area contributed by atoms with Gasteiger partial charge in [-0.05, 0) is 19.4 Å². The van der Waals surface area contributed by atoms with Crippen LogP contribution in [0.1, 0.15) is 30.6 Å². The second-order valence-electron chi connectivity index (χ2n) is 6.38. The molecule has 0 bridgehead atoms. The molecule has 1 unspecified atom stereocenters. The summed E-state index contributed by atoms with van der Waals surface area (Å²) in [7, 11) is 0. The number of carbonyl (C=O) groups excluding carboxylic acids is 3. The number of hydrogen-bond acceptors (Lipinski definition) is 7. The number of nitrogens with zero attached hydrogens (tertiary/aromatic N) is 2. The van der Waals surface area contributed by atoms with Crippen LogP contribution in [0.25, 0.3) is 21.8 Å². The first kappa shape index (κ1) is 20.1. The van der Waals surface area contributed by atoms with Crippen LogP contribution < -0.4 is 11.2 Å². The van der Waals surface area contributed by atoms with Crippen LogP contribution >= 0.6 is 0 Å². The zero-order chi connectivity index (χ0) is 21.0. The van der Waals surface area contributed by atoms with Gasteiger partial charge in [0.1, 0.15) is 6.61 Å². The highest BCUT2D eigenvalue weighted by atomic mass is 16.6. The van der Waals surface area contributed by atoms with E-state index in [1.165, 1.54) is 10.9 Å². The van der Waals surface area contributed by atoms with Crippen LogP contribution in [0.15, 0.2) is 36.7 Å². The topological polar surface area (TPSA) is 126 Å². The number of ether oxygens (including phenoxy) is 2. The van der Waals surface area contributed by atoms with E-state index in [0.29, 0.717) is 17.3 Å². The fourth-order valence-corrected chi connectivity index (χ4v) is 3.10. The summed E-state index contributed by atoms with van der Waals surface area (Å²) in [5.74, 6) is 4.40. The van der Waals surface area contributed by atoms with Gasteiger partial charge in [0.25, 0.3) is 5.91 Å². The summed E-state index contributed by atoms with van der Waals surface area (Å²) in [6, 6.07) is 7.33. The molecule has 2 amide bonds. The van der Waals surface area contributed by atoms with Crippen LogP contribution in [0, 0.1) is 5.92 Å². The van der Waals surface area contributed by atoms with Gasteiger partial charge in [0.05, 0.1) is 35.3 Å². The van der Waals surface area contributed by atoms with Crippen LogP contribution in [0.5, 0.6) is 0 Å². The number of nitrogens with two attached hydrogens (primary N) is 1. The number of para-hydroxylation sites is 1. The molecule has 3 rings (SSSR count). The van der Waals surface area contributed by atoms with Crippen LogP contribution in [-0.2, 0) is 14.3 Å². The van der Waals surface area contributed by atoms with Gasteiger partial charge in [-0.25, -0.2) is 4.79 Å². The highest BCUT2D eigenvalue weighted by Crippen LogP contribution is 2.29. The Kier molecular flexibility index (Phi) is 5.96. The summed E-state index contributed by atoms with van der Waals surface area (Å²) in [5.41, 5.74) is 1.48. The van der Waals surface area contributed by atoms with Crippen molar-refractivity contribution in [1.82, 2.24) is 15.0 Å². The monoisotopic (exact) mass is 398 g/mol. The van der Waals surface area contributed by atoms with E-state index in [9.17, 15) is 14.4 Å². The summed E-state index contributed by atoms with van der Waals surface area (Å²) in [5, 5.41) is 3.52. The first-order valence-electron chi connectivity index (χ1n) is 9.24. The number of nitrogens with one attached hydrogen (secondary N) is 1. The Balaban J connectivity index is 1.77. The van der Waals surface area contributed by atoms with E-state index in [1.54, 1.807) is 20.0 Å². The first-order valence-corrected chi connectivity index (χ1v) is 9.24. The predicted octanol–water partition coefficient (Wildman–Crippen LogP) is 2.36. The molecule has 0 saturated heterocycles. The number of imide groups is 1. The summed E-state index contributed by atoms with van der Waals surface area (Å²) in [6.45, 7) is 3.54. The Morgan fingerprint density at radius 1 is 1.14 bits per heavy atom. The maximum absolute atomic E-state index is 12.7. The van der Waals surface area contributed by atoms with Gasteiger partial charge in [0, 0.05) is 17.0 Å². The zero-order valence-electron chi connectivity index (χ0n) is 16.2. The molecule has 29 heavy (non-hydrogen) atoms. The Labute approximate surface area is 166 Å². The molecule has 9 heteroatoms. The zero-order valence-corrected chi connectivity index (χ0v) is 16.2. The lowest BCUT2D eigenvalue weighted by molar-refractivity contribution is -0.149. The minimum absolute atomic E-state index is 0.182. The molecule has 0 fully saturated rings. The van der Waals surface area contributed by atoms with E-state index in [2.05, 4.69) is 10.3 Å². The van der Waals surface area contributed by atoms with Crippen molar-refractivity contribution in [1.29, 1.82) is 0 Å². The number of aromatic nitrogens is 2. The molecule has 152 valence electrons. The van der Waals surface area contributed by atoms with Crippen LogP contribution in [0.3, 0.4) is 0 Å². The quantitative estimate of drug-likeness (QED) is 0.482. The average Bonchev–Trinajstić information content (AvgIpc) is 3.01. The lowest BCUT2D eigenvalue weighted by Gasteiger charge is -2.14. The van der Waals surface area contributed by atoms with Gasteiger partial charge in [-0.2, -0.15) is 0 Å². The van der Waals surface area contributed by atoms with Crippen molar-refractivity contribution >= 4 is 39.8 Å². The number of rotatable bonds is 6. The van der Waals surface area contributed by atoms with E-state index in [4.69, 9.17) is 15.3 Å². The molecule has 0 saturated carbocycles. The van der Waals surface area contributed by atoms with E-state index in [0.717, 1.165) is 10.9 Å². The minimum atomic E-state index is -0.953. The normalized spacial score (nSPS) is 11.9. The van der Waals surface area contributed by atoms with Gasteiger partial charge in [-0.15, -0.1) is 0 Å². The molecule has 1 aromatic carbocycles. The number of alkyl carbamates (subject to hydrolysis) is 1. The fraction of sp³-hybridized carbons (Fsp3) is 0.300. The molecular weight excluding hydrogens is 376 g/mol. The number of pyridine rings is 1. The van der Waals surface area contributed by atoms with E-state index < -0.39 is 23.9 Å². The molecule has 0 spiro atoms. The SMILES string of the molecule is CCOC(=O)C(CC)COC(=O)NC(=O)c1cncc2c1c1ccccc1n2N. The Bertz CT molecular complexity index is 1080. The van der Waals surface area contributed by atoms with Gasteiger partial charge in [0.15, 0.2) is 0 Å². The van der Waals surface area contributed by atoms with Crippen LogP contribution in [0.2, 0.25) is 0 Å². The number of esters is 1. The van der Waals surface area contributed by atoms with Gasteiger partial charge < -0.3 is 15.3 Å². The third-order valence-corrected chi connectivity index (χ3v) is 4.61. The van der Waals surface area contributed by atoms with E-state index in [-0.39, 0.29) is 18.8 Å². The van der Waals surface area contributed by atoms with Crippen molar-refractivity contribution in [3.8, 4) is 0 Å². The number of carbonyl (C=O) groups is 3. The van der Waals surface area contributed by atoms with Crippen molar-refractivity contribution in [2.24, 2.45) is 5.92 Å². The van der Waals surface area contributed by atoms with Gasteiger partial charge in [0.2, 0.25) is 0 Å². The van der Waals surface area contributed by atoms with Crippen molar-refractivity contribution in [2.75, 3.05) is 19.1 Å². The van der Waals surface area contributed by atoms with Gasteiger partial charge in [-0.3, -0.25) is 24.6 Å². The molecule has 2 aromatic heterocycles. The lowest BCUT2D eigenvalue weighted by Crippen LogP contribution is -2.33. The maximum atomic E-state index is 12.7. The molecular formula is C20H22N4O5. The van der Waals surface area contributed by atoms with E-state index in [1.807, 2.05) is 24.3 Å². The fourth-order valence-electron chi connectivity index (χ4n) is 3.10. The molecule has 9 nitrogen and oxygen atoms in total. The van der Waals surface area contributed by atoms with Crippen molar-refractivity contribution < 1.29 is 23.9 Å². The summed E-state index contributed by atoms with van der Waals surface area (Å²) in [6.07, 6.45) is 2.41. The Morgan fingerprint density at radius 3 is 2.62 bits per heavy atom. The van der Waals surface area contributed by atoms with Crippen LogP contribution in [-0.4, -0.2) is 40.8 Å². The van der Waals surface area contributed by atoms with Crippen molar-refractivity contribution in [3.05, 3.63) is 42.2 Å². The molecule has 0 aliphatic rings. The van der Waals surface area contributed by atoms with Gasteiger partial charge in [-0.1, -0.05) is 25.1 Å². The Morgan fingerprint density at radius 2 is 1.90 bits per heavy atom. The minimum Gasteiger partial charge on any atom is -0.466 e. The summed E-state index contributed by atoms with van der Waals surface area (Å²) < 4.78 is 11.4. The molecule has 3 aromatic rings. The summed E-state index contributed by atoms with van der Waals surface area (Å²) >= 11 is 0. The highest BCUT2D eigenvalue weighted by molar-refractivity contribution is 6.19. The molecule has 2 heterocycles. The largest absolute Gasteiger partial charge is 0.466 e. The molecule has 0 radical (unpaired) electrons. The number of benzene rings is 1. The summed E-state index contributed by atoms with van der Waals surface area (Å²) in [4.78, 5) is 40.6. The lowest BCUT2D eigenvalue weighted by atomic mass is 10.1. The smallest absolute Gasteiger partial charge is 0.414 e. The maximum Gasteiger partial charge on any atom is 0.414 e. The average molecular weight is 398 g/mol. The molecule has 1 atom stereocenters. The second-order valence-corrected chi connectivity index (χ2v) is 6.38.